The summed E-state index contributed by atoms with van der Waals surface area (Å²) in [5.74, 6) is 1.16. The fraction of sp³-hybridized carbons (Fsp3) is 0.174. The number of carbonyl (C=O) groups is 1. The van der Waals surface area contributed by atoms with Crippen LogP contribution in [0.5, 0.6) is 5.75 Å². The average Bonchev–Trinajstić information content (AvgIpc) is 3.41. The normalized spacial score (nSPS) is 15.5. The topological polar surface area (TPSA) is 84.8 Å². The van der Waals surface area contributed by atoms with Gasteiger partial charge in [0.25, 0.3) is 0 Å². The maximum absolute atomic E-state index is 12.3. The van der Waals surface area contributed by atoms with E-state index in [9.17, 15) is 4.79 Å². The predicted octanol–water partition coefficient (Wildman–Crippen LogP) is 3.80. The Kier molecular flexibility index (Phi) is 4.55. The number of carbonyl (C=O) groups excluding carboxylic acids is 1. The molecule has 150 valence electrons. The van der Waals surface area contributed by atoms with Crippen LogP contribution in [0.15, 0.2) is 67.0 Å². The highest BCUT2D eigenvalue weighted by atomic mass is 16.5. The van der Waals surface area contributed by atoms with Gasteiger partial charge in [-0.25, -0.2) is 0 Å². The minimum absolute atomic E-state index is 0.0491. The first-order valence-electron chi connectivity index (χ1n) is 9.80. The van der Waals surface area contributed by atoms with Gasteiger partial charge >= 0.3 is 0 Å². The second kappa shape index (κ2) is 7.51. The van der Waals surface area contributed by atoms with Crippen molar-refractivity contribution in [3.8, 4) is 17.0 Å². The lowest BCUT2D eigenvalue weighted by molar-refractivity contribution is -0.116. The summed E-state index contributed by atoms with van der Waals surface area (Å²) in [6.07, 6.45) is 4.21. The molecular weight excluding hydrogens is 378 g/mol. The Balaban J connectivity index is 1.52. The van der Waals surface area contributed by atoms with Crippen molar-refractivity contribution in [3.05, 3.63) is 83.7 Å². The van der Waals surface area contributed by atoms with Gasteiger partial charge in [0.15, 0.2) is 5.82 Å². The summed E-state index contributed by atoms with van der Waals surface area (Å²) in [5, 5.41) is 14.9. The van der Waals surface area contributed by atoms with Crippen molar-refractivity contribution in [2.24, 2.45) is 0 Å². The van der Waals surface area contributed by atoms with Crippen molar-refractivity contribution in [1.29, 1.82) is 0 Å². The monoisotopic (exact) mass is 399 g/mol. The van der Waals surface area contributed by atoms with Crippen LogP contribution in [-0.4, -0.2) is 33.0 Å². The van der Waals surface area contributed by atoms with Crippen molar-refractivity contribution in [2.45, 2.75) is 18.9 Å². The molecular formula is C23H21N5O2. The zero-order chi connectivity index (χ0) is 20.5. The van der Waals surface area contributed by atoms with E-state index >= 15 is 0 Å². The van der Waals surface area contributed by atoms with Crippen molar-refractivity contribution in [1.82, 2.24) is 20.0 Å². The van der Waals surface area contributed by atoms with Crippen LogP contribution in [-0.2, 0) is 11.3 Å². The molecule has 2 N–H and O–H groups in total. The lowest BCUT2D eigenvalue weighted by Crippen LogP contribution is -2.23. The molecule has 1 amide bonds. The Labute approximate surface area is 173 Å². The first kappa shape index (κ1) is 18.2. The zero-order valence-electron chi connectivity index (χ0n) is 16.5. The number of H-pyrrole nitrogens is 1. The Hall–Kier alpha value is -3.87. The maximum Gasteiger partial charge on any atom is 0.226 e. The molecule has 0 saturated carbocycles. The molecule has 7 heteroatoms. The van der Waals surface area contributed by atoms with E-state index in [0.29, 0.717) is 18.8 Å². The van der Waals surface area contributed by atoms with E-state index in [2.05, 4.69) is 32.7 Å². The number of hydrogen-bond acceptors (Lipinski definition) is 4. The van der Waals surface area contributed by atoms with E-state index in [1.807, 2.05) is 59.5 Å². The summed E-state index contributed by atoms with van der Waals surface area (Å²) in [6, 6.07) is 18.0. The fourth-order valence-corrected chi connectivity index (χ4v) is 3.96. The molecule has 1 unspecified atom stereocenters. The van der Waals surface area contributed by atoms with Crippen LogP contribution < -0.4 is 10.1 Å². The van der Waals surface area contributed by atoms with Crippen LogP contribution in [0.1, 0.15) is 29.0 Å². The molecule has 0 aliphatic carbocycles. The molecule has 0 spiro atoms. The number of nitrogens with one attached hydrogen (secondary N) is 2. The molecule has 2 aromatic heterocycles. The Morgan fingerprint density at radius 1 is 1.17 bits per heavy atom. The van der Waals surface area contributed by atoms with Crippen LogP contribution in [0.4, 0.5) is 5.82 Å². The molecule has 0 radical (unpaired) electrons. The van der Waals surface area contributed by atoms with Gasteiger partial charge in [-0.3, -0.25) is 14.6 Å². The number of anilines is 1. The molecule has 30 heavy (non-hydrogen) atoms. The summed E-state index contributed by atoms with van der Waals surface area (Å²) in [7, 11) is 1.64. The Morgan fingerprint density at radius 3 is 2.87 bits per heavy atom. The quantitative estimate of drug-likeness (QED) is 0.535. The summed E-state index contributed by atoms with van der Waals surface area (Å²) < 4.78 is 7.27. The van der Waals surface area contributed by atoms with Crippen molar-refractivity contribution < 1.29 is 9.53 Å². The van der Waals surface area contributed by atoms with Gasteiger partial charge in [-0.1, -0.05) is 42.5 Å². The van der Waals surface area contributed by atoms with Crippen molar-refractivity contribution in [3.63, 3.8) is 0 Å². The van der Waals surface area contributed by atoms with Crippen LogP contribution in [0, 0.1) is 0 Å². The van der Waals surface area contributed by atoms with Gasteiger partial charge in [0.2, 0.25) is 5.91 Å². The van der Waals surface area contributed by atoms with Gasteiger partial charge in [-0.2, -0.15) is 10.2 Å². The number of benzene rings is 2. The van der Waals surface area contributed by atoms with E-state index in [1.165, 1.54) is 5.56 Å². The van der Waals surface area contributed by atoms with Crippen molar-refractivity contribution in [2.75, 3.05) is 12.4 Å². The number of fused-ring (bicyclic) bond motifs is 1. The first-order chi connectivity index (χ1) is 14.7. The number of amides is 1. The average molecular weight is 399 g/mol. The van der Waals surface area contributed by atoms with E-state index in [1.54, 1.807) is 7.11 Å². The smallest absolute Gasteiger partial charge is 0.226 e. The molecule has 3 heterocycles. The standard InChI is InChI=1S/C23H21N5O2/c1-30-18-9-5-8-16(10-18)22-21-19(11-20(29)25-23(21)27-26-22)17-12-24-28(14-17)13-15-6-3-2-4-7-15/h2-10,12,14,19H,11,13H2,1H3,(H2,25,26,27,29). The highest BCUT2D eigenvalue weighted by Crippen LogP contribution is 2.42. The molecule has 1 aliphatic rings. The molecule has 0 saturated heterocycles. The summed E-state index contributed by atoms with van der Waals surface area (Å²) in [4.78, 5) is 12.3. The number of aromatic nitrogens is 4. The first-order valence-corrected chi connectivity index (χ1v) is 9.80. The molecule has 1 atom stereocenters. The molecule has 0 bridgehead atoms. The molecule has 5 rings (SSSR count). The minimum Gasteiger partial charge on any atom is -0.497 e. The summed E-state index contributed by atoms with van der Waals surface area (Å²) in [5.41, 5.74) is 4.98. The van der Waals surface area contributed by atoms with E-state index in [-0.39, 0.29) is 11.8 Å². The number of rotatable bonds is 5. The van der Waals surface area contributed by atoms with Gasteiger partial charge < -0.3 is 10.1 Å². The highest BCUT2D eigenvalue weighted by molar-refractivity contribution is 5.96. The van der Waals surface area contributed by atoms with Crippen LogP contribution in [0.3, 0.4) is 0 Å². The minimum atomic E-state index is -0.127. The lowest BCUT2D eigenvalue weighted by atomic mass is 9.86. The second-order valence-electron chi connectivity index (χ2n) is 7.35. The fourth-order valence-electron chi connectivity index (χ4n) is 3.96. The third-order valence-corrected chi connectivity index (χ3v) is 5.40. The van der Waals surface area contributed by atoms with Crippen molar-refractivity contribution >= 4 is 11.7 Å². The number of hydrogen-bond donors (Lipinski definition) is 2. The van der Waals surface area contributed by atoms with Crippen LogP contribution in [0.2, 0.25) is 0 Å². The summed E-state index contributed by atoms with van der Waals surface area (Å²) in [6.45, 7) is 0.681. The third kappa shape index (κ3) is 3.34. The Morgan fingerprint density at radius 2 is 2.03 bits per heavy atom. The largest absolute Gasteiger partial charge is 0.497 e. The molecule has 2 aromatic carbocycles. The van der Waals surface area contributed by atoms with Gasteiger partial charge in [0.05, 0.1) is 25.5 Å². The molecule has 1 aliphatic heterocycles. The second-order valence-corrected chi connectivity index (χ2v) is 7.35. The third-order valence-electron chi connectivity index (χ3n) is 5.40. The van der Waals surface area contributed by atoms with Gasteiger partial charge in [0.1, 0.15) is 5.75 Å². The lowest BCUT2D eigenvalue weighted by Gasteiger charge is -2.22. The van der Waals surface area contributed by atoms with E-state index in [4.69, 9.17) is 4.74 Å². The molecule has 4 aromatic rings. The number of nitrogens with zero attached hydrogens (tertiary/aromatic N) is 3. The van der Waals surface area contributed by atoms with Gasteiger partial charge in [-0.15, -0.1) is 0 Å². The number of aromatic amines is 1. The highest BCUT2D eigenvalue weighted by Gasteiger charge is 2.32. The maximum atomic E-state index is 12.3. The van der Waals surface area contributed by atoms with E-state index in [0.717, 1.165) is 28.1 Å². The van der Waals surface area contributed by atoms with Crippen LogP contribution in [0.25, 0.3) is 11.3 Å². The predicted molar refractivity (Wildman–Crippen MR) is 113 cm³/mol. The Bertz CT molecular complexity index is 1200. The van der Waals surface area contributed by atoms with Crippen LogP contribution >= 0.6 is 0 Å². The number of methoxy groups -OCH3 is 1. The SMILES string of the molecule is COc1cccc(-c2[nH]nc3c2C(c2cnn(Cc4ccccc4)c2)CC(=O)N3)c1. The molecule has 0 fully saturated rings. The van der Waals surface area contributed by atoms with E-state index < -0.39 is 0 Å². The van der Waals surface area contributed by atoms with Gasteiger partial charge in [-0.05, 0) is 23.3 Å². The molecule has 7 nitrogen and oxygen atoms in total. The summed E-state index contributed by atoms with van der Waals surface area (Å²) >= 11 is 0. The van der Waals surface area contributed by atoms with Gasteiger partial charge in [0, 0.05) is 29.7 Å². The zero-order valence-corrected chi connectivity index (χ0v) is 16.5. The number of ether oxygens (including phenoxy) is 1.